The molecule has 10 heteroatoms. The number of aromatic nitrogens is 1. The summed E-state index contributed by atoms with van der Waals surface area (Å²) in [5, 5.41) is 3.04. The molecule has 1 aromatic heterocycles. The van der Waals surface area contributed by atoms with Gasteiger partial charge in [0.1, 0.15) is 0 Å². The fraction of sp³-hybridized carbons (Fsp3) is 0.318. The van der Waals surface area contributed by atoms with E-state index in [4.69, 9.17) is 4.74 Å². The van der Waals surface area contributed by atoms with Crippen molar-refractivity contribution in [2.24, 2.45) is 0 Å². The summed E-state index contributed by atoms with van der Waals surface area (Å²) in [6.45, 7) is 0.550. The lowest BCUT2D eigenvalue weighted by Gasteiger charge is -2.19. The molecule has 168 valence electrons. The number of fused-ring (bicyclic) bond motifs is 1. The van der Waals surface area contributed by atoms with E-state index in [1.807, 2.05) is 24.3 Å². The zero-order valence-corrected chi connectivity index (χ0v) is 19.0. The molecule has 0 spiro atoms. The number of benzene rings is 2. The van der Waals surface area contributed by atoms with Gasteiger partial charge in [0.25, 0.3) is 5.91 Å². The highest BCUT2D eigenvalue weighted by Crippen LogP contribution is 2.25. The van der Waals surface area contributed by atoms with E-state index in [1.165, 1.54) is 39.9 Å². The minimum atomic E-state index is -3.59. The molecule has 1 saturated heterocycles. The van der Waals surface area contributed by atoms with Crippen LogP contribution in [0.3, 0.4) is 0 Å². The van der Waals surface area contributed by atoms with Crippen LogP contribution in [0.15, 0.2) is 53.4 Å². The minimum absolute atomic E-state index is 0.143. The Hall–Kier alpha value is -2.82. The van der Waals surface area contributed by atoms with Crippen LogP contribution in [0.4, 0.5) is 5.13 Å². The highest BCUT2D eigenvalue weighted by atomic mass is 32.2. The number of thiazole rings is 1. The van der Waals surface area contributed by atoms with Crippen molar-refractivity contribution in [3.05, 3.63) is 54.1 Å². The molecule has 0 atom stereocenters. The number of nitrogens with zero attached hydrogens (tertiary/aromatic N) is 2. The first-order chi connectivity index (χ1) is 15.4. The number of hydrogen-bond donors (Lipinski definition) is 1. The SMILES string of the molecule is O=C(COC(=O)c1ccc(S(=O)(=O)N2CCCCCC2)cc1)Nc1nc2ccccc2s1. The smallest absolute Gasteiger partial charge is 0.338 e. The first kappa shape index (κ1) is 22.4. The molecular formula is C22H23N3O5S2. The predicted molar refractivity (Wildman–Crippen MR) is 122 cm³/mol. The molecule has 4 rings (SSSR count). The number of sulfonamides is 1. The maximum Gasteiger partial charge on any atom is 0.338 e. The van der Waals surface area contributed by atoms with Gasteiger partial charge in [-0.05, 0) is 49.2 Å². The van der Waals surface area contributed by atoms with Crippen molar-refractivity contribution in [3.63, 3.8) is 0 Å². The molecule has 1 amide bonds. The number of amides is 1. The van der Waals surface area contributed by atoms with Gasteiger partial charge in [0.05, 0.1) is 20.7 Å². The number of anilines is 1. The van der Waals surface area contributed by atoms with E-state index in [1.54, 1.807) is 0 Å². The van der Waals surface area contributed by atoms with Gasteiger partial charge in [-0.1, -0.05) is 36.3 Å². The number of hydrogen-bond acceptors (Lipinski definition) is 7. The zero-order chi connectivity index (χ0) is 22.6. The van der Waals surface area contributed by atoms with E-state index >= 15 is 0 Å². The summed E-state index contributed by atoms with van der Waals surface area (Å²) in [5.74, 6) is -1.21. The van der Waals surface area contributed by atoms with Crippen LogP contribution in [0.5, 0.6) is 0 Å². The molecule has 2 aromatic carbocycles. The molecule has 0 aliphatic carbocycles. The van der Waals surface area contributed by atoms with Crippen LogP contribution in [0.25, 0.3) is 10.2 Å². The molecule has 0 bridgehead atoms. The minimum Gasteiger partial charge on any atom is -0.452 e. The first-order valence-electron chi connectivity index (χ1n) is 10.4. The summed E-state index contributed by atoms with van der Waals surface area (Å²) < 4.78 is 33.2. The Balaban J connectivity index is 1.33. The van der Waals surface area contributed by atoms with Crippen molar-refractivity contribution in [3.8, 4) is 0 Å². The summed E-state index contributed by atoms with van der Waals surface area (Å²) in [7, 11) is -3.59. The number of rotatable bonds is 6. The molecule has 1 fully saturated rings. The number of nitrogens with one attached hydrogen (secondary N) is 1. The second-order valence-electron chi connectivity index (χ2n) is 7.45. The Labute approximate surface area is 190 Å². The molecule has 0 saturated carbocycles. The lowest BCUT2D eigenvalue weighted by Crippen LogP contribution is -2.31. The largest absolute Gasteiger partial charge is 0.452 e. The summed E-state index contributed by atoms with van der Waals surface area (Å²) in [6.07, 6.45) is 3.76. The van der Waals surface area contributed by atoms with Crippen LogP contribution in [0.2, 0.25) is 0 Å². The van der Waals surface area contributed by atoms with Crippen molar-refractivity contribution < 1.29 is 22.7 Å². The lowest BCUT2D eigenvalue weighted by molar-refractivity contribution is -0.119. The van der Waals surface area contributed by atoms with Crippen LogP contribution in [-0.4, -0.2) is 49.3 Å². The summed E-state index contributed by atoms with van der Waals surface area (Å²) >= 11 is 1.33. The summed E-state index contributed by atoms with van der Waals surface area (Å²) in [4.78, 5) is 28.8. The van der Waals surface area contributed by atoms with Gasteiger partial charge in [-0.25, -0.2) is 18.2 Å². The zero-order valence-electron chi connectivity index (χ0n) is 17.3. The summed E-state index contributed by atoms with van der Waals surface area (Å²) in [5.41, 5.74) is 0.951. The molecule has 2 heterocycles. The average molecular weight is 474 g/mol. The van der Waals surface area contributed by atoms with Gasteiger partial charge in [-0.15, -0.1) is 0 Å². The normalized spacial score (nSPS) is 15.2. The third-order valence-corrected chi connectivity index (χ3v) is 8.03. The average Bonchev–Trinajstić information content (AvgIpc) is 2.99. The second kappa shape index (κ2) is 9.76. The Morgan fingerprint density at radius 3 is 2.38 bits per heavy atom. The molecule has 32 heavy (non-hydrogen) atoms. The number of ether oxygens (including phenoxy) is 1. The number of carbonyl (C=O) groups is 2. The summed E-state index contributed by atoms with van der Waals surface area (Å²) in [6, 6.07) is 13.1. The molecule has 1 aliphatic rings. The molecule has 0 unspecified atom stereocenters. The standard InChI is InChI=1S/C22H23N3O5S2/c26-20(24-22-23-18-7-3-4-8-19(18)31-22)15-30-21(27)16-9-11-17(12-10-16)32(28,29)25-13-5-1-2-6-14-25/h3-4,7-12H,1-2,5-6,13-15H2,(H,23,24,26). The second-order valence-corrected chi connectivity index (χ2v) is 10.4. The van der Waals surface area contributed by atoms with Gasteiger partial charge in [0, 0.05) is 13.1 Å². The van der Waals surface area contributed by atoms with E-state index in [2.05, 4.69) is 10.3 Å². The van der Waals surface area contributed by atoms with Gasteiger partial charge in [0.15, 0.2) is 11.7 Å². The van der Waals surface area contributed by atoms with Crippen molar-refractivity contribution in [1.29, 1.82) is 0 Å². The Kier molecular flexibility index (Phi) is 6.83. The first-order valence-corrected chi connectivity index (χ1v) is 12.6. The van der Waals surface area contributed by atoms with Crippen LogP contribution < -0.4 is 5.32 Å². The Bertz CT molecular complexity index is 1180. The molecule has 1 aliphatic heterocycles. The van der Waals surface area contributed by atoms with Gasteiger partial charge >= 0.3 is 5.97 Å². The van der Waals surface area contributed by atoms with Gasteiger partial charge in [-0.3, -0.25) is 10.1 Å². The van der Waals surface area contributed by atoms with Crippen molar-refractivity contribution in [1.82, 2.24) is 9.29 Å². The lowest BCUT2D eigenvalue weighted by atomic mass is 10.2. The molecule has 0 radical (unpaired) electrons. The fourth-order valence-corrected chi connectivity index (χ4v) is 5.89. The van der Waals surface area contributed by atoms with E-state index < -0.39 is 28.5 Å². The fourth-order valence-electron chi connectivity index (χ4n) is 3.49. The topological polar surface area (TPSA) is 106 Å². The highest BCUT2D eigenvalue weighted by Gasteiger charge is 2.25. The van der Waals surface area contributed by atoms with Gasteiger partial charge < -0.3 is 4.74 Å². The molecule has 3 aromatic rings. The van der Waals surface area contributed by atoms with Crippen molar-refractivity contribution >= 4 is 48.6 Å². The third-order valence-electron chi connectivity index (χ3n) is 5.17. The molecule has 8 nitrogen and oxygen atoms in total. The van der Waals surface area contributed by atoms with Gasteiger partial charge in [-0.2, -0.15) is 4.31 Å². The van der Waals surface area contributed by atoms with E-state index in [0.717, 1.165) is 35.9 Å². The van der Waals surface area contributed by atoms with Crippen molar-refractivity contribution in [2.45, 2.75) is 30.6 Å². The maximum absolute atomic E-state index is 12.8. The maximum atomic E-state index is 12.8. The quantitative estimate of drug-likeness (QED) is 0.548. The third kappa shape index (κ3) is 5.14. The predicted octanol–water partition coefficient (Wildman–Crippen LogP) is 3.66. The number of para-hydroxylation sites is 1. The Morgan fingerprint density at radius 1 is 1.00 bits per heavy atom. The number of carbonyl (C=O) groups excluding carboxylic acids is 2. The molecular weight excluding hydrogens is 450 g/mol. The highest BCUT2D eigenvalue weighted by molar-refractivity contribution is 7.89. The van der Waals surface area contributed by atoms with E-state index in [9.17, 15) is 18.0 Å². The van der Waals surface area contributed by atoms with Crippen LogP contribution >= 0.6 is 11.3 Å². The van der Waals surface area contributed by atoms with Crippen LogP contribution in [0, 0.1) is 0 Å². The van der Waals surface area contributed by atoms with Crippen molar-refractivity contribution in [2.75, 3.05) is 25.0 Å². The monoisotopic (exact) mass is 473 g/mol. The Morgan fingerprint density at radius 2 is 1.69 bits per heavy atom. The van der Waals surface area contributed by atoms with Crippen LogP contribution in [-0.2, 0) is 19.6 Å². The van der Waals surface area contributed by atoms with E-state index in [0.29, 0.717) is 18.2 Å². The number of esters is 1. The van der Waals surface area contributed by atoms with Crippen LogP contribution in [0.1, 0.15) is 36.0 Å². The molecule has 1 N–H and O–H groups in total. The van der Waals surface area contributed by atoms with E-state index in [-0.39, 0.29) is 10.5 Å². The van der Waals surface area contributed by atoms with Gasteiger partial charge in [0.2, 0.25) is 10.0 Å².